The average Bonchev–Trinajstić information content (AvgIpc) is 2.49. The third-order valence-corrected chi connectivity index (χ3v) is 4.64. The Hall–Kier alpha value is -0.780. The van der Waals surface area contributed by atoms with E-state index in [2.05, 4.69) is 52.0 Å². The summed E-state index contributed by atoms with van der Waals surface area (Å²) in [5.74, 6) is 1.35. The Kier molecular flexibility index (Phi) is 9.46. The van der Waals surface area contributed by atoms with Gasteiger partial charge in [-0.1, -0.05) is 103 Å². The van der Waals surface area contributed by atoms with Crippen molar-refractivity contribution in [3.8, 4) is 0 Å². The van der Waals surface area contributed by atoms with E-state index in [1.807, 2.05) is 0 Å². The largest absolute Gasteiger partial charge is 0.0654 e. The van der Waals surface area contributed by atoms with Crippen molar-refractivity contribution in [1.29, 1.82) is 0 Å². The van der Waals surface area contributed by atoms with Crippen LogP contribution < -0.4 is 0 Å². The van der Waals surface area contributed by atoms with Gasteiger partial charge in [0.1, 0.15) is 0 Å². The first kappa shape index (κ1) is 18.3. The van der Waals surface area contributed by atoms with Crippen molar-refractivity contribution in [2.24, 2.45) is 0 Å². The van der Waals surface area contributed by atoms with Gasteiger partial charge in [0.15, 0.2) is 0 Å². The molecule has 0 aliphatic heterocycles. The Labute approximate surface area is 133 Å². The molecular formula is C21H36. The fraction of sp³-hybridized carbons (Fsp3) is 0.714. The summed E-state index contributed by atoms with van der Waals surface area (Å²) in [4.78, 5) is 0. The van der Waals surface area contributed by atoms with Crippen LogP contribution in [0.4, 0.5) is 0 Å². The molecule has 0 aliphatic carbocycles. The summed E-state index contributed by atoms with van der Waals surface area (Å²) in [7, 11) is 0. The predicted molar refractivity (Wildman–Crippen MR) is 96.2 cm³/mol. The molecule has 0 amide bonds. The number of hydrogen-bond donors (Lipinski definition) is 0. The predicted octanol–water partition coefficient (Wildman–Crippen LogP) is 7.44. The van der Waals surface area contributed by atoms with Crippen LogP contribution in [-0.2, 0) is 0 Å². The van der Waals surface area contributed by atoms with Crippen molar-refractivity contribution in [3.63, 3.8) is 0 Å². The van der Waals surface area contributed by atoms with Crippen LogP contribution in [0.25, 0.3) is 0 Å². The second kappa shape index (κ2) is 10.9. The lowest BCUT2D eigenvalue weighted by atomic mass is 9.87. The quantitative estimate of drug-likeness (QED) is 0.371. The van der Waals surface area contributed by atoms with E-state index >= 15 is 0 Å². The van der Waals surface area contributed by atoms with Crippen LogP contribution >= 0.6 is 0 Å². The molecule has 0 nitrogen and oxygen atoms in total. The highest BCUT2D eigenvalue weighted by Gasteiger charge is 2.11. The third-order valence-electron chi connectivity index (χ3n) is 4.64. The fourth-order valence-corrected chi connectivity index (χ4v) is 3.23. The molecule has 1 unspecified atom stereocenters. The lowest BCUT2D eigenvalue weighted by Gasteiger charge is -2.18. The van der Waals surface area contributed by atoms with Crippen molar-refractivity contribution in [1.82, 2.24) is 0 Å². The Morgan fingerprint density at radius 1 is 0.714 bits per heavy atom. The fourth-order valence-electron chi connectivity index (χ4n) is 3.23. The summed E-state index contributed by atoms with van der Waals surface area (Å²) in [5, 5.41) is 0. The van der Waals surface area contributed by atoms with Crippen molar-refractivity contribution < 1.29 is 0 Å². The van der Waals surface area contributed by atoms with Gasteiger partial charge < -0.3 is 0 Å². The molecule has 21 heavy (non-hydrogen) atoms. The molecule has 0 radical (unpaired) electrons. The molecule has 1 aromatic carbocycles. The maximum atomic E-state index is 2.41. The minimum atomic E-state index is 0.641. The van der Waals surface area contributed by atoms with E-state index in [1.54, 1.807) is 11.1 Å². The normalized spacial score (nSPS) is 12.8. The van der Waals surface area contributed by atoms with Gasteiger partial charge in [-0.05, 0) is 29.4 Å². The van der Waals surface area contributed by atoms with Crippen LogP contribution in [0.3, 0.4) is 0 Å². The molecule has 0 heterocycles. The van der Waals surface area contributed by atoms with Crippen LogP contribution in [0.1, 0.15) is 108 Å². The van der Waals surface area contributed by atoms with Crippen LogP contribution in [0.15, 0.2) is 24.3 Å². The second-order valence-corrected chi connectivity index (χ2v) is 6.95. The molecule has 1 rings (SSSR count). The van der Waals surface area contributed by atoms with Crippen molar-refractivity contribution in [2.75, 3.05) is 0 Å². The van der Waals surface area contributed by atoms with Gasteiger partial charge in [-0.25, -0.2) is 0 Å². The van der Waals surface area contributed by atoms with Gasteiger partial charge >= 0.3 is 0 Å². The van der Waals surface area contributed by atoms with Crippen LogP contribution in [0.5, 0.6) is 0 Å². The van der Waals surface area contributed by atoms with Gasteiger partial charge in [-0.2, -0.15) is 0 Å². The zero-order valence-electron chi connectivity index (χ0n) is 14.8. The topological polar surface area (TPSA) is 0 Å². The molecule has 0 N–H and O–H groups in total. The molecular weight excluding hydrogens is 252 g/mol. The van der Waals surface area contributed by atoms with Gasteiger partial charge in [-0.3, -0.25) is 0 Å². The Bertz CT molecular complexity index is 364. The van der Waals surface area contributed by atoms with E-state index in [-0.39, 0.29) is 0 Å². The highest BCUT2D eigenvalue weighted by atomic mass is 14.2. The molecule has 1 aromatic rings. The van der Waals surface area contributed by atoms with Gasteiger partial charge in [0.2, 0.25) is 0 Å². The summed E-state index contributed by atoms with van der Waals surface area (Å²) in [6.45, 7) is 9.31. The van der Waals surface area contributed by atoms with E-state index in [0.717, 1.165) is 0 Å². The Morgan fingerprint density at radius 3 is 1.81 bits per heavy atom. The van der Waals surface area contributed by atoms with Crippen molar-refractivity contribution in [3.05, 3.63) is 35.4 Å². The first-order valence-corrected chi connectivity index (χ1v) is 9.25. The lowest BCUT2D eigenvalue weighted by Crippen LogP contribution is -2.01. The van der Waals surface area contributed by atoms with E-state index in [4.69, 9.17) is 0 Å². The average molecular weight is 289 g/mol. The molecule has 0 heteroatoms. The Morgan fingerprint density at radius 2 is 1.24 bits per heavy atom. The minimum Gasteiger partial charge on any atom is -0.0654 e. The van der Waals surface area contributed by atoms with E-state index in [1.165, 1.54) is 57.8 Å². The SMILES string of the molecule is CCCCCCCCCCC(C)c1ccccc1C(C)C. The van der Waals surface area contributed by atoms with Gasteiger partial charge in [0.05, 0.1) is 0 Å². The second-order valence-electron chi connectivity index (χ2n) is 6.95. The molecule has 1 atom stereocenters. The van der Waals surface area contributed by atoms with Gasteiger partial charge in [-0.15, -0.1) is 0 Å². The third kappa shape index (κ3) is 7.16. The lowest BCUT2D eigenvalue weighted by molar-refractivity contribution is 0.541. The molecule has 0 fully saturated rings. The summed E-state index contributed by atoms with van der Waals surface area (Å²) >= 11 is 0. The summed E-state index contributed by atoms with van der Waals surface area (Å²) in [6.07, 6.45) is 12.7. The zero-order valence-corrected chi connectivity index (χ0v) is 14.8. The summed E-state index contributed by atoms with van der Waals surface area (Å²) in [5.41, 5.74) is 3.13. The van der Waals surface area contributed by atoms with Crippen LogP contribution in [0, 0.1) is 0 Å². The molecule has 0 aromatic heterocycles. The molecule has 120 valence electrons. The van der Waals surface area contributed by atoms with Crippen molar-refractivity contribution >= 4 is 0 Å². The standard InChI is InChI=1S/C21H36/c1-5-6-7-8-9-10-11-12-15-19(4)21-17-14-13-16-20(21)18(2)3/h13-14,16-19H,5-12,15H2,1-4H3. The number of hydrogen-bond acceptors (Lipinski definition) is 0. The first-order chi connectivity index (χ1) is 10.2. The Balaban J connectivity index is 2.23. The molecule has 0 saturated heterocycles. The van der Waals surface area contributed by atoms with E-state index < -0.39 is 0 Å². The smallest absolute Gasteiger partial charge is 0.0188 e. The number of unbranched alkanes of at least 4 members (excludes halogenated alkanes) is 7. The molecule has 0 bridgehead atoms. The van der Waals surface area contributed by atoms with Gasteiger partial charge in [0.25, 0.3) is 0 Å². The van der Waals surface area contributed by atoms with Gasteiger partial charge in [0, 0.05) is 0 Å². The highest BCUT2D eigenvalue weighted by Crippen LogP contribution is 2.29. The zero-order chi connectivity index (χ0) is 15.5. The minimum absolute atomic E-state index is 0.641. The molecule has 0 aliphatic rings. The van der Waals surface area contributed by atoms with Crippen molar-refractivity contribution in [2.45, 2.75) is 97.3 Å². The van der Waals surface area contributed by atoms with E-state index in [9.17, 15) is 0 Å². The molecule has 0 saturated carbocycles. The summed E-state index contributed by atoms with van der Waals surface area (Å²) < 4.78 is 0. The monoisotopic (exact) mass is 288 g/mol. The number of rotatable bonds is 11. The van der Waals surface area contributed by atoms with Crippen LogP contribution in [-0.4, -0.2) is 0 Å². The maximum absolute atomic E-state index is 2.41. The number of benzene rings is 1. The molecule has 0 spiro atoms. The van der Waals surface area contributed by atoms with Crippen LogP contribution in [0.2, 0.25) is 0 Å². The maximum Gasteiger partial charge on any atom is -0.0188 e. The van der Waals surface area contributed by atoms with E-state index in [0.29, 0.717) is 11.8 Å². The summed E-state index contributed by atoms with van der Waals surface area (Å²) in [6, 6.07) is 9.03. The highest BCUT2D eigenvalue weighted by molar-refractivity contribution is 5.32. The first-order valence-electron chi connectivity index (χ1n) is 9.25.